The summed E-state index contributed by atoms with van der Waals surface area (Å²) in [6.07, 6.45) is 5.29. The second-order valence-electron chi connectivity index (χ2n) is 6.46. The van der Waals surface area contributed by atoms with Crippen LogP contribution in [0.25, 0.3) is 11.1 Å². The van der Waals surface area contributed by atoms with Crippen LogP contribution >= 0.6 is 0 Å². The van der Waals surface area contributed by atoms with Crippen molar-refractivity contribution in [1.82, 2.24) is 4.98 Å². The number of aromatic nitrogens is 1. The van der Waals surface area contributed by atoms with Crippen LogP contribution in [0.4, 0.5) is 5.69 Å². The van der Waals surface area contributed by atoms with E-state index in [2.05, 4.69) is 9.88 Å². The molecule has 2 aromatic rings. The van der Waals surface area contributed by atoms with E-state index in [1.165, 1.54) is 19.3 Å². The molecule has 0 radical (unpaired) electrons. The van der Waals surface area contributed by atoms with Gasteiger partial charge in [-0.25, -0.2) is 4.98 Å². The standard InChI is InChI=1S/C17H20N2O3/c20-17(21)12-5-2-8-19(10-12)13-6-7-15-14(9-13)18-16(22-15)11-3-1-4-11/h6-7,9,11-12H,1-5,8,10H2,(H,20,21). The Kier molecular flexibility index (Phi) is 3.28. The maximum atomic E-state index is 11.2. The van der Waals surface area contributed by atoms with Crippen molar-refractivity contribution in [2.24, 2.45) is 5.92 Å². The number of nitrogens with zero attached hydrogens (tertiary/aromatic N) is 2. The first kappa shape index (κ1) is 13.6. The largest absolute Gasteiger partial charge is 0.481 e. The Hall–Kier alpha value is -2.04. The molecule has 2 aliphatic rings. The third kappa shape index (κ3) is 2.34. The number of rotatable bonds is 3. The van der Waals surface area contributed by atoms with Gasteiger partial charge in [-0.05, 0) is 43.9 Å². The van der Waals surface area contributed by atoms with Gasteiger partial charge in [0, 0.05) is 24.7 Å². The number of aliphatic carboxylic acids is 1. The molecule has 4 rings (SSSR count). The van der Waals surface area contributed by atoms with Gasteiger partial charge in [-0.1, -0.05) is 6.42 Å². The van der Waals surface area contributed by atoms with Gasteiger partial charge in [0.25, 0.3) is 0 Å². The topological polar surface area (TPSA) is 66.6 Å². The highest BCUT2D eigenvalue weighted by molar-refractivity contribution is 5.78. The molecular formula is C17H20N2O3. The summed E-state index contributed by atoms with van der Waals surface area (Å²) in [6, 6.07) is 6.01. The summed E-state index contributed by atoms with van der Waals surface area (Å²) < 4.78 is 5.85. The van der Waals surface area contributed by atoms with E-state index >= 15 is 0 Å². The second kappa shape index (κ2) is 5.30. The molecular weight excluding hydrogens is 280 g/mol. The molecule has 22 heavy (non-hydrogen) atoms. The number of fused-ring (bicyclic) bond motifs is 1. The van der Waals surface area contributed by atoms with Gasteiger partial charge in [0.15, 0.2) is 11.5 Å². The van der Waals surface area contributed by atoms with E-state index in [1.54, 1.807) is 0 Å². The molecule has 1 aromatic carbocycles. The van der Waals surface area contributed by atoms with Crippen LogP contribution < -0.4 is 4.90 Å². The molecule has 2 heterocycles. The summed E-state index contributed by atoms with van der Waals surface area (Å²) in [6.45, 7) is 1.48. The highest BCUT2D eigenvalue weighted by Crippen LogP contribution is 2.37. The number of anilines is 1. The number of carbonyl (C=O) groups is 1. The minimum Gasteiger partial charge on any atom is -0.481 e. The lowest BCUT2D eigenvalue weighted by Crippen LogP contribution is -2.38. The van der Waals surface area contributed by atoms with Crippen molar-refractivity contribution in [3.8, 4) is 0 Å². The predicted molar refractivity (Wildman–Crippen MR) is 83.2 cm³/mol. The number of carboxylic acids is 1. The molecule has 116 valence electrons. The zero-order valence-electron chi connectivity index (χ0n) is 12.5. The van der Waals surface area contributed by atoms with Crippen LogP contribution in [0.1, 0.15) is 43.9 Å². The van der Waals surface area contributed by atoms with Crippen LogP contribution in [-0.4, -0.2) is 29.1 Å². The summed E-state index contributed by atoms with van der Waals surface area (Å²) in [7, 11) is 0. The molecule has 5 heteroatoms. The third-order valence-electron chi connectivity index (χ3n) is 4.98. The molecule has 0 spiro atoms. The van der Waals surface area contributed by atoms with Crippen molar-refractivity contribution < 1.29 is 14.3 Å². The maximum absolute atomic E-state index is 11.2. The highest BCUT2D eigenvalue weighted by atomic mass is 16.4. The van der Waals surface area contributed by atoms with Crippen LogP contribution in [0.2, 0.25) is 0 Å². The molecule has 0 amide bonds. The fourth-order valence-electron chi connectivity index (χ4n) is 3.37. The van der Waals surface area contributed by atoms with Crippen LogP contribution in [0.15, 0.2) is 22.6 Å². The van der Waals surface area contributed by atoms with E-state index in [9.17, 15) is 9.90 Å². The Morgan fingerprint density at radius 1 is 1.27 bits per heavy atom. The molecule has 0 bridgehead atoms. The molecule has 1 aliphatic heterocycles. The minimum atomic E-state index is -0.695. The maximum Gasteiger partial charge on any atom is 0.308 e. The molecule has 1 saturated carbocycles. The smallest absolute Gasteiger partial charge is 0.308 e. The van der Waals surface area contributed by atoms with Gasteiger partial charge in [-0.2, -0.15) is 0 Å². The average Bonchev–Trinajstić information content (AvgIpc) is 2.87. The lowest BCUT2D eigenvalue weighted by Gasteiger charge is -2.32. The number of hydrogen-bond acceptors (Lipinski definition) is 4. The van der Waals surface area contributed by atoms with E-state index in [4.69, 9.17) is 4.42 Å². The lowest BCUT2D eigenvalue weighted by molar-refractivity contribution is -0.141. The molecule has 1 aromatic heterocycles. The Bertz CT molecular complexity index is 705. The monoisotopic (exact) mass is 300 g/mol. The average molecular weight is 300 g/mol. The number of piperidine rings is 1. The molecule has 1 atom stereocenters. The van der Waals surface area contributed by atoms with Crippen LogP contribution in [0.5, 0.6) is 0 Å². The van der Waals surface area contributed by atoms with Crippen molar-refractivity contribution >= 4 is 22.8 Å². The van der Waals surface area contributed by atoms with Gasteiger partial charge in [-0.3, -0.25) is 4.79 Å². The van der Waals surface area contributed by atoms with Crippen LogP contribution in [0, 0.1) is 5.92 Å². The quantitative estimate of drug-likeness (QED) is 0.941. The molecule has 5 nitrogen and oxygen atoms in total. The Morgan fingerprint density at radius 3 is 2.86 bits per heavy atom. The van der Waals surface area contributed by atoms with E-state index in [1.807, 2.05) is 18.2 Å². The van der Waals surface area contributed by atoms with E-state index < -0.39 is 5.97 Å². The Morgan fingerprint density at radius 2 is 2.14 bits per heavy atom. The summed E-state index contributed by atoms with van der Waals surface area (Å²) in [4.78, 5) is 18.0. The zero-order valence-corrected chi connectivity index (χ0v) is 12.5. The second-order valence-corrected chi connectivity index (χ2v) is 6.46. The predicted octanol–water partition coefficient (Wildman–Crippen LogP) is 3.40. The van der Waals surface area contributed by atoms with Crippen molar-refractivity contribution in [3.63, 3.8) is 0 Å². The minimum absolute atomic E-state index is 0.271. The zero-order chi connectivity index (χ0) is 15.1. The summed E-state index contributed by atoms with van der Waals surface area (Å²) in [5.74, 6) is 0.384. The van der Waals surface area contributed by atoms with Gasteiger partial charge >= 0.3 is 5.97 Å². The number of benzene rings is 1. The normalized spacial score (nSPS) is 22.7. The SMILES string of the molecule is O=C(O)C1CCCN(c2ccc3oc(C4CCC4)nc3c2)C1. The molecule has 1 unspecified atom stereocenters. The van der Waals surface area contributed by atoms with Crippen LogP contribution in [0.3, 0.4) is 0 Å². The summed E-state index contributed by atoms with van der Waals surface area (Å²) in [5, 5.41) is 9.22. The van der Waals surface area contributed by atoms with E-state index in [-0.39, 0.29) is 5.92 Å². The fraction of sp³-hybridized carbons (Fsp3) is 0.529. The van der Waals surface area contributed by atoms with E-state index in [0.717, 1.165) is 42.1 Å². The molecule has 2 fully saturated rings. The van der Waals surface area contributed by atoms with Gasteiger partial charge in [-0.15, -0.1) is 0 Å². The van der Waals surface area contributed by atoms with Gasteiger partial charge in [0.05, 0.1) is 5.92 Å². The van der Waals surface area contributed by atoms with Crippen LogP contribution in [-0.2, 0) is 4.79 Å². The van der Waals surface area contributed by atoms with Crippen molar-refractivity contribution in [1.29, 1.82) is 0 Å². The third-order valence-corrected chi connectivity index (χ3v) is 4.98. The first-order chi connectivity index (χ1) is 10.7. The summed E-state index contributed by atoms with van der Waals surface area (Å²) >= 11 is 0. The molecule has 1 aliphatic carbocycles. The first-order valence-corrected chi connectivity index (χ1v) is 8.09. The number of carboxylic acid groups (broad SMARTS) is 1. The number of oxazole rings is 1. The van der Waals surface area contributed by atoms with Crippen molar-refractivity contribution in [2.45, 2.75) is 38.0 Å². The van der Waals surface area contributed by atoms with Crippen molar-refractivity contribution in [3.05, 3.63) is 24.1 Å². The Labute approximate surface area is 128 Å². The Balaban J connectivity index is 1.60. The van der Waals surface area contributed by atoms with Gasteiger partial charge in [0.2, 0.25) is 0 Å². The lowest BCUT2D eigenvalue weighted by atomic mass is 9.85. The van der Waals surface area contributed by atoms with E-state index in [0.29, 0.717) is 12.5 Å². The fourth-order valence-corrected chi connectivity index (χ4v) is 3.37. The molecule has 1 N–H and O–H groups in total. The van der Waals surface area contributed by atoms with Gasteiger partial charge in [0.1, 0.15) is 5.52 Å². The number of hydrogen-bond donors (Lipinski definition) is 1. The first-order valence-electron chi connectivity index (χ1n) is 8.09. The highest BCUT2D eigenvalue weighted by Gasteiger charge is 2.27. The summed E-state index contributed by atoms with van der Waals surface area (Å²) in [5.41, 5.74) is 2.77. The van der Waals surface area contributed by atoms with Crippen molar-refractivity contribution in [2.75, 3.05) is 18.0 Å². The van der Waals surface area contributed by atoms with Gasteiger partial charge < -0.3 is 14.4 Å². The molecule has 1 saturated heterocycles.